The summed E-state index contributed by atoms with van der Waals surface area (Å²) >= 11 is 1.99. The molecule has 1 atom stereocenters. The molecule has 0 bridgehead atoms. The molecule has 15 heavy (non-hydrogen) atoms. The van der Waals surface area contributed by atoms with Gasteiger partial charge in [0.2, 0.25) is 0 Å². The van der Waals surface area contributed by atoms with Gasteiger partial charge in [-0.3, -0.25) is 0 Å². The van der Waals surface area contributed by atoms with Crippen LogP contribution in [0.1, 0.15) is 44.3 Å². The van der Waals surface area contributed by atoms with E-state index >= 15 is 0 Å². The zero-order valence-electron chi connectivity index (χ0n) is 9.15. The zero-order chi connectivity index (χ0) is 10.7. The van der Waals surface area contributed by atoms with E-state index in [0.717, 1.165) is 10.8 Å². The molecular formula is C13H18OS. The minimum Gasteiger partial charge on any atom is -0.389 e. The van der Waals surface area contributed by atoms with Gasteiger partial charge in [0.1, 0.15) is 0 Å². The summed E-state index contributed by atoms with van der Waals surface area (Å²) in [6.45, 7) is 1.80. The predicted octanol–water partition coefficient (Wildman–Crippen LogP) is 3.77. The number of aliphatic hydroxyl groups excluding tert-OH is 1. The Morgan fingerprint density at radius 1 is 1.20 bits per heavy atom. The Kier molecular flexibility index (Phi) is 3.71. The zero-order valence-corrected chi connectivity index (χ0v) is 9.96. The third-order valence-corrected chi connectivity index (χ3v) is 4.32. The second-order valence-corrected chi connectivity index (χ2v) is 5.64. The molecule has 0 saturated heterocycles. The van der Waals surface area contributed by atoms with Crippen LogP contribution in [-0.2, 0) is 0 Å². The lowest BCUT2D eigenvalue weighted by molar-refractivity contribution is 0.199. The summed E-state index contributed by atoms with van der Waals surface area (Å²) in [6, 6.07) is 8.32. The molecule has 0 radical (unpaired) electrons. The molecule has 1 aliphatic carbocycles. The smallest absolute Gasteiger partial charge is 0.0761 e. The average molecular weight is 222 g/mol. The number of hydrogen-bond donors (Lipinski definition) is 1. The third-order valence-electron chi connectivity index (χ3n) is 2.97. The van der Waals surface area contributed by atoms with Crippen LogP contribution >= 0.6 is 11.8 Å². The van der Waals surface area contributed by atoms with Gasteiger partial charge in [-0.05, 0) is 37.5 Å². The second-order valence-electron chi connectivity index (χ2n) is 4.27. The SMILES string of the molecule is C[C@@H](O)c1ccc(SC2CCCC2)cc1. The van der Waals surface area contributed by atoms with E-state index in [9.17, 15) is 5.11 Å². The lowest BCUT2D eigenvalue weighted by atomic mass is 10.1. The van der Waals surface area contributed by atoms with Gasteiger partial charge in [-0.15, -0.1) is 11.8 Å². The van der Waals surface area contributed by atoms with Crippen LogP contribution in [0.5, 0.6) is 0 Å². The highest BCUT2D eigenvalue weighted by molar-refractivity contribution is 8.00. The maximum Gasteiger partial charge on any atom is 0.0761 e. The highest BCUT2D eigenvalue weighted by atomic mass is 32.2. The van der Waals surface area contributed by atoms with E-state index in [4.69, 9.17) is 0 Å². The van der Waals surface area contributed by atoms with Crippen molar-refractivity contribution in [3.8, 4) is 0 Å². The molecule has 2 heteroatoms. The molecule has 1 saturated carbocycles. The van der Waals surface area contributed by atoms with Crippen molar-refractivity contribution in [3.05, 3.63) is 29.8 Å². The molecule has 2 rings (SSSR count). The van der Waals surface area contributed by atoms with Crippen LogP contribution in [0.25, 0.3) is 0 Å². The van der Waals surface area contributed by atoms with Gasteiger partial charge in [0.25, 0.3) is 0 Å². The van der Waals surface area contributed by atoms with Gasteiger partial charge < -0.3 is 5.11 Å². The van der Waals surface area contributed by atoms with E-state index < -0.39 is 0 Å². The van der Waals surface area contributed by atoms with Crippen molar-refractivity contribution in [3.63, 3.8) is 0 Å². The largest absolute Gasteiger partial charge is 0.389 e. The monoisotopic (exact) mass is 222 g/mol. The average Bonchev–Trinajstić information content (AvgIpc) is 2.71. The summed E-state index contributed by atoms with van der Waals surface area (Å²) in [6.07, 6.45) is 5.16. The number of thioether (sulfide) groups is 1. The molecule has 1 N–H and O–H groups in total. The van der Waals surface area contributed by atoms with Crippen molar-refractivity contribution in [1.29, 1.82) is 0 Å². The lowest BCUT2D eigenvalue weighted by Crippen LogP contribution is -1.94. The predicted molar refractivity (Wildman–Crippen MR) is 65.2 cm³/mol. The van der Waals surface area contributed by atoms with Gasteiger partial charge in [0.15, 0.2) is 0 Å². The maximum atomic E-state index is 9.39. The Bertz CT molecular complexity index is 299. The van der Waals surface area contributed by atoms with E-state index in [0.29, 0.717) is 0 Å². The first kappa shape index (κ1) is 11.0. The van der Waals surface area contributed by atoms with Crippen LogP contribution in [0.4, 0.5) is 0 Å². The lowest BCUT2D eigenvalue weighted by Gasteiger charge is -2.10. The molecule has 1 aliphatic rings. The van der Waals surface area contributed by atoms with Crippen LogP contribution in [0, 0.1) is 0 Å². The van der Waals surface area contributed by atoms with E-state index in [1.54, 1.807) is 6.92 Å². The maximum absolute atomic E-state index is 9.39. The molecule has 0 aromatic heterocycles. The molecular weight excluding hydrogens is 204 g/mol. The molecule has 1 aromatic rings. The Hall–Kier alpha value is -0.470. The summed E-state index contributed by atoms with van der Waals surface area (Å²) < 4.78 is 0. The molecule has 0 unspecified atom stereocenters. The molecule has 1 nitrogen and oxygen atoms in total. The Morgan fingerprint density at radius 2 is 1.80 bits per heavy atom. The fourth-order valence-electron chi connectivity index (χ4n) is 2.02. The highest BCUT2D eigenvalue weighted by Crippen LogP contribution is 2.34. The molecule has 1 fully saturated rings. The normalized spacial score (nSPS) is 19.3. The van der Waals surface area contributed by atoms with Crippen molar-refractivity contribution in [1.82, 2.24) is 0 Å². The standard InChI is InChI=1S/C13H18OS/c1-10(14)11-6-8-13(9-7-11)15-12-4-2-3-5-12/h6-10,12,14H,2-5H2,1H3/t10-/m1/s1. The second kappa shape index (κ2) is 5.04. The first-order valence-corrected chi connectivity index (χ1v) is 6.58. The summed E-state index contributed by atoms with van der Waals surface area (Å²) in [4.78, 5) is 1.34. The summed E-state index contributed by atoms with van der Waals surface area (Å²) in [5.74, 6) is 0. The van der Waals surface area contributed by atoms with Crippen molar-refractivity contribution in [2.24, 2.45) is 0 Å². The number of aliphatic hydroxyl groups is 1. The summed E-state index contributed by atoms with van der Waals surface area (Å²) in [5.41, 5.74) is 1.01. The Balaban J connectivity index is 1.97. The van der Waals surface area contributed by atoms with Gasteiger partial charge in [-0.2, -0.15) is 0 Å². The van der Waals surface area contributed by atoms with E-state index in [1.807, 2.05) is 23.9 Å². The van der Waals surface area contributed by atoms with Gasteiger partial charge in [-0.1, -0.05) is 25.0 Å². The fraction of sp³-hybridized carbons (Fsp3) is 0.538. The Morgan fingerprint density at radius 3 is 2.33 bits per heavy atom. The van der Waals surface area contributed by atoms with Crippen molar-refractivity contribution >= 4 is 11.8 Å². The first-order valence-electron chi connectivity index (χ1n) is 5.70. The van der Waals surface area contributed by atoms with Gasteiger partial charge in [0, 0.05) is 10.1 Å². The van der Waals surface area contributed by atoms with E-state index in [2.05, 4.69) is 12.1 Å². The molecule has 0 amide bonds. The van der Waals surface area contributed by atoms with Crippen LogP contribution in [0.3, 0.4) is 0 Å². The molecule has 82 valence electrons. The van der Waals surface area contributed by atoms with Crippen LogP contribution < -0.4 is 0 Å². The van der Waals surface area contributed by atoms with Gasteiger partial charge >= 0.3 is 0 Å². The van der Waals surface area contributed by atoms with Gasteiger partial charge in [-0.25, -0.2) is 0 Å². The van der Waals surface area contributed by atoms with Crippen LogP contribution in [-0.4, -0.2) is 10.4 Å². The highest BCUT2D eigenvalue weighted by Gasteiger charge is 2.15. The summed E-state index contributed by atoms with van der Waals surface area (Å²) in [7, 11) is 0. The van der Waals surface area contributed by atoms with Crippen LogP contribution in [0.2, 0.25) is 0 Å². The number of rotatable bonds is 3. The van der Waals surface area contributed by atoms with Crippen molar-refractivity contribution in [2.45, 2.75) is 48.9 Å². The first-order chi connectivity index (χ1) is 7.25. The van der Waals surface area contributed by atoms with Crippen molar-refractivity contribution < 1.29 is 5.11 Å². The number of benzene rings is 1. The third kappa shape index (κ3) is 2.99. The topological polar surface area (TPSA) is 20.2 Å². The molecule has 1 aromatic carbocycles. The fourth-order valence-corrected chi connectivity index (χ4v) is 3.27. The number of hydrogen-bond acceptors (Lipinski definition) is 2. The van der Waals surface area contributed by atoms with Crippen LogP contribution in [0.15, 0.2) is 29.2 Å². The van der Waals surface area contributed by atoms with Gasteiger partial charge in [0.05, 0.1) is 6.10 Å². The van der Waals surface area contributed by atoms with E-state index in [1.165, 1.54) is 30.6 Å². The summed E-state index contributed by atoms with van der Waals surface area (Å²) in [5, 5.41) is 10.2. The Labute approximate surface area is 95.9 Å². The molecule has 0 heterocycles. The minimum absolute atomic E-state index is 0.351. The quantitative estimate of drug-likeness (QED) is 0.840. The molecule has 0 aliphatic heterocycles. The van der Waals surface area contributed by atoms with E-state index in [-0.39, 0.29) is 6.10 Å². The molecule has 0 spiro atoms. The van der Waals surface area contributed by atoms with Crippen molar-refractivity contribution in [2.75, 3.05) is 0 Å². The minimum atomic E-state index is -0.351.